The summed E-state index contributed by atoms with van der Waals surface area (Å²) in [6.45, 7) is 23.5. The van der Waals surface area contributed by atoms with Crippen LogP contribution in [0.5, 0.6) is 0 Å². The van der Waals surface area contributed by atoms with Crippen LogP contribution in [0, 0.1) is 35.5 Å². The van der Waals surface area contributed by atoms with E-state index in [9.17, 15) is 19.2 Å². The Labute approximate surface area is 448 Å². The van der Waals surface area contributed by atoms with E-state index in [1.165, 1.54) is 45.4 Å². The fourth-order valence-corrected chi connectivity index (χ4v) is 12.7. The first kappa shape index (κ1) is 58.2. The van der Waals surface area contributed by atoms with Crippen LogP contribution in [0.15, 0.2) is 47.5 Å². The van der Waals surface area contributed by atoms with Gasteiger partial charge in [0.25, 0.3) is 0 Å². The molecule has 2 N–H and O–H groups in total. The first-order valence-electron chi connectivity index (χ1n) is 27.4. The Morgan fingerprint density at radius 1 is 0.671 bits per heavy atom. The van der Waals surface area contributed by atoms with Crippen LogP contribution in [-0.4, -0.2) is 107 Å². The molecule has 0 radical (unpaired) electrons. The van der Waals surface area contributed by atoms with E-state index in [1.807, 2.05) is 66.8 Å². The van der Waals surface area contributed by atoms with Crippen molar-refractivity contribution in [3.05, 3.63) is 79.8 Å². The maximum Gasteiger partial charge on any atom is 0.410 e. The molecule has 0 saturated heterocycles. The Balaban J connectivity index is 0.000000197. The van der Waals surface area contributed by atoms with E-state index in [0.29, 0.717) is 55.6 Å². The van der Waals surface area contributed by atoms with Gasteiger partial charge in [-0.25, -0.2) is 9.59 Å². The number of amides is 3. The minimum atomic E-state index is -0.695. The number of nitrogens with one attached hydrogen (secondary N) is 1. The number of carbonyl (C=O) groups is 4. The minimum Gasteiger partial charge on any atom is -0.481 e. The fraction of sp³-hybridized carbons (Fsp3) is 0.667. The minimum absolute atomic E-state index is 0.0808. The molecule has 2 unspecified atom stereocenters. The highest BCUT2D eigenvalue weighted by atomic mass is 35.5. The van der Waals surface area contributed by atoms with Gasteiger partial charge in [-0.15, -0.1) is 0 Å². The number of hydrogen-bond acceptors (Lipinski definition) is 7. The van der Waals surface area contributed by atoms with Crippen LogP contribution in [0.2, 0.25) is 10.0 Å². The Morgan fingerprint density at radius 2 is 1.12 bits per heavy atom. The number of nitrogens with zero attached hydrogens (tertiary/aromatic N) is 3. The number of ether oxygens (including phenoxy) is 2. The summed E-state index contributed by atoms with van der Waals surface area (Å²) < 4.78 is 10.8. The number of hydrogen-bond donors (Lipinski definition) is 2. The summed E-state index contributed by atoms with van der Waals surface area (Å²) in [5, 5.41) is 14.4. The third kappa shape index (κ3) is 15.8. The van der Waals surface area contributed by atoms with Crippen molar-refractivity contribution in [2.24, 2.45) is 35.5 Å². The molecule has 2 fully saturated rings. The summed E-state index contributed by atoms with van der Waals surface area (Å²) in [4.78, 5) is 54.4. The lowest BCUT2D eigenvalue weighted by Crippen LogP contribution is -2.48. The van der Waals surface area contributed by atoms with Crippen molar-refractivity contribution < 1.29 is 33.8 Å². The second-order valence-corrected chi connectivity index (χ2v) is 25.5. The van der Waals surface area contributed by atoms with Crippen molar-refractivity contribution in [3.8, 4) is 0 Å². The molecule has 2 aliphatic heterocycles. The van der Waals surface area contributed by atoms with E-state index in [-0.39, 0.29) is 30.1 Å². The lowest BCUT2D eigenvalue weighted by Gasteiger charge is -2.41. The van der Waals surface area contributed by atoms with Gasteiger partial charge in [0.2, 0.25) is 5.91 Å². The molecule has 13 heteroatoms. The molecule has 2 atom stereocenters. The number of carbonyl (C=O) groups excluding carboxylic acids is 3. The van der Waals surface area contributed by atoms with Gasteiger partial charge in [0, 0.05) is 55.7 Å². The molecule has 2 heterocycles. The molecule has 11 nitrogen and oxygen atoms in total. The second kappa shape index (κ2) is 25.2. The number of carboxylic acids is 1. The highest BCUT2D eigenvalue weighted by Crippen LogP contribution is 2.47. The number of halogens is 2. The van der Waals surface area contributed by atoms with Crippen LogP contribution < -0.4 is 5.32 Å². The van der Waals surface area contributed by atoms with Crippen molar-refractivity contribution in [2.75, 3.05) is 40.3 Å². The molecule has 2 aromatic carbocycles. The SMILES string of the molecule is CC(C)CC1C2=C(CCN1C(=O)C1CCC(CN(C)C(=O)OC(C)(C)C)CC1)c1c(Cl)cccc1C2.CC(C)CC1NCCC2=C1Cc1cccc(Cl)c12.CN(CC1CCC(C(=O)O)CC1)C(=O)OC(C)(C)C. The van der Waals surface area contributed by atoms with Gasteiger partial charge >= 0.3 is 18.2 Å². The Kier molecular flexibility index (Phi) is 20.1. The molecule has 2 aromatic rings. The summed E-state index contributed by atoms with van der Waals surface area (Å²) in [5.74, 6) is 1.55. The van der Waals surface area contributed by atoms with Crippen molar-refractivity contribution in [1.29, 1.82) is 0 Å². The van der Waals surface area contributed by atoms with Gasteiger partial charge in [-0.3, -0.25) is 9.59 Å². The van der Waals surface area contributed by atoms with Crippen LogP contribution in [0.4, 0.5) is 9.59 Å². The van der Waals surface area contributed by atoms with Crippen LogP contribution in [0.25, 0.3) is 11.1 Å². The van der Waals surface area contributed by atoms with Gasteiger partial charge in [0.05, 0.1) is 12.0 Å². The zero-order valence-corrected chi connectivity index (χ0v) is 47.8. The van der Waals surface area contributed by atoms with E-state index >= 15 is 0 Å². The van der Waals surface area contributed by atoms with Gasteiger partial charge in [-0.05, 0) is 218 Å². The molecule has 2 saturated carbocycles. The smallest absolute Gasteiger partial charge is 0.410 e. The highest BCUT2D eigenvalue weighted by molar-refractivity contribution is 6.33. The third-order valence-electron chi connectivity index (χ3n) is 15.5. The zero-order chi connectivity index (χ0) is 53.5. The number of fused-ring (bicyclic) bond motifs is 4. The summed E-state index contributed by atoms with van der Waals surface area (Å²) in [5.41, 5.74) is 10.3. The molecule has 6 aliphatic rings. The number of benzene rings is 2. The molecule has 0 aromatic heterocycles. The molecule has 0 bridgehead atoms. The summed E-state index contributed by atoms with van der Waals surface area (Å²) in [6, 6.07) is 13.3. The lowest BCUT2D eigenvalue weighted by atomic mass is 9.80. The van der Waals surface area contributed by atoms with Crippen LogP contribution in [-0.2, 0) is 31.9 Å². The van der Waals surface area contributed by atoms with Crippen molar-refractivity contribution in [2.45, 2.75) is 182 Å². The normalized spacial score (nSPS) is 23.5. The van der Waals surface area contributed by atoms with Gasteiger partial charge in [-0.1, -0.05) is 75.2 Å². The Bertz CT molecular complexity index is 2330. The van der Waals surface area contributed by atoms with Crippen molar-refractivity contribution in [3.63, 3.8) is 0 Å². The van der Waals surface area contributed by atoms with Crippen LogP contribution in [0.3, 0.4) is 0 Å². The quantitative estimate of drug-likeness (QED) is 0.241. The zero-order valence-electron chi connectivity index (χ0n) is 46.3. The molecule has 3 amide bonds. The van der Waals surface area contributed by atoms with E-state index in [1.54, 1.807) is 22.4 Å². The highest BCUT2D eigenvalue weighted by Gasteiger charge is 2.41. The van der Waals surface area contributed by atoms with E-state index in [4.69, 9.17) is 37.8 Å². The molecular formula is C60H88Cl2N4O7. The summed E-state index contributed by atoms with van der Waals surface area (Å²) in [6.07, 6.45) is 12.6. The monoisotopic (exact) mass is 1050 g/mol. The molecule has 8 rings (SSSR count). The standard InChI is InChI=1S/C30H43ClN2O3.C16H20ClN.C14H25NO4/c1-19(2)16-26-24-17-22-8-7-9-25(31)27(22)23(24)14-15-33(26)28(34)21-12-10-20(11-13-21)18-32(6)29(35)36-30(3,4)5;1-10(2)8-15-13-9-11-4-3-5-14(17)16(11)12(13)6-7-18-15;1-14(2,3)19-13(18)15(4)9-10-5-7-11(8-6-10)12(16)17/h7-9,19-21,26H,10-18H2,1-6H3;3-5,10,15,18H,6-9H2,1-2H3;10-11H,5-9H2,1-4H3,(H,16,17). The molecular weight excluding hydrogens is 960 g/mol. The first-order chi connectivity index (χ1) is 34.3. The topological polar surface area (TPSA) is 129 Å². The van der Waals surface area contributed by atoms with Gasteiger partial charge < -0.3 is 34.6 Å². The third-order valence-corrected chi connectivity index (χ3v) is 16.1. The summed E-state index contributed by atoms with van der Waals surface area (Å²) >= 11 is 13.0. The van der Waals surface area contributed by atoms with E-state index in [0.717, 1.165) is 99.7 Å². The maximum atomic E-state index is 13.9. The predicted molar refractivity (Wildman–Crippen MR) is 296 cm³/mol. The molecule has 404 valence electrons. The average Bonchev–Trinajstić information content (AvgIpc) is 3.89. The largest absolute Gasteiger partial charge is 0.481 e. The molecule has 4 aliphatic carbocycles. The van der Waals surface area contributed by atoms with Crippen molar-refractivity contribution in [1.82, 2.24) is 20.0 Å². The fourth-order valence-electron chi connectivity index (χ4n) is 12.0. The first-order valence-corrected chi connectivity index (χ1v) is 28.2. The van der Waals surface area contributed by atoms with Crippen LogP contribution in [0.1, 0.15) is 169 Å². The lowest BCUT2D eigenvalue weighted by molar-refractivity contribution is -0.143. The van der Waals surface area contributed by atoms with Gasteiger partial charge in [0.15, 0.2) is 0 Å². The maximum absolute atomic E-state index is 13.9. The Morgan fingerprint density at radius 3 is 1.58 bits per heavy atom. The van der Waals surface area contributed by atoms with Crippen molar-refractivity contribution >= 4 is 58.4 Å². The number of aliphatic carboxylic acids is 1. The predicted octanol–water partition coefficient (Wildman–Crippen LogP) is 13.8. The van der Waals surface area contributed by atoms with Gasteiger partial charge in [0.1, 0.15) is 11.2 Å². The number of carboxylic acid groups (broad SMARTS) is 1. The van der Waals surface area contributed by atoms with Crippen LogP contribution >= 0.6 is 23.2 Å². The van der Waals surface area contributed by atoms with E-state index < -0.39 is 17.2 Å². The summed E-state index contributed by atoms with van der Waals surface area (Å²) in [7, 11) is 3.55. The molecule has 73 heavy (non-hydrogen) atoms. The number of rotatable bonds is 10. The second-order valence-electron chi connectivity index (χ2n) is 24.7. The Hall–Kier alpha value is -4.06. The average molecular weight is 1050 g/mol. The molecule has 0 spiro atoms. The van der Waals surface area contributed by atoms with E-state index in [2.05, 4.69) is 56.1 Å². The van der Waals surface area contributed by atoms with Gasteiger partial charge in [-0.2, -0.15) is 0 Å².